The molecule has 3 rings (SSSR count). The van der Waals surface area contributed by atoms with Crippen LogP contribution in [0.4, 0.5) is 0 Å². The van der Waals surface area contributed by atoms with Gasteiger partial charge in [-0.2, -0.15) is 0 Å². The molecule has 0 bridgehead atoms. The summed E-state index contributed by atoms with van der Waals surface area (Å²) < 4.78 is 0. The van der Waals surface area contributed by atoms with E-state index >= 15 is 0 Å². The normalized spacial score (nSPS) is 13.4. The van der Waals surface area contributed by atoms with E-state index in [1.165, 1.54) is 22.3 Å². The summed E-state index contributed by atoms with van der Waals surface area (Å²) >= 11 is 0. The van der Waals surface area contributed by atoms with E-state index in [0.717, 1.165) is 12.8 Å². The third-order valence-corrected chi connectivity index (χ3v) is 5.13. The predicted octanol–water partition coefficient (Wildman–Crippen LogP) is 6.75. The highest BCUT2D eigenvalue weighted by Crippen LogP contribution is 2.38. The van der Waals surface area contributed by atoms with E-state index in [-0.39, 0.29) is 0 Å². The zero-order valence-electron chi connectivity index (χ0n) is 15.0. The summed E-state index contributed by atoms with van der Waals surface area (Å²) in [6, 6.07) is 27.2. The zero-order valence-corrected chi connectivity index (χ0v) is 15.0. The third kappa shape index (κ3) is 3.93. The van der Waals surface area contributed by atoms with E-state index in [0.29, 0.717) is 17.6 Å². The van der Waals surface area contributed by atoms with Crippen molar-refractivity contribution in [3.05, 3.63) is 90.0 Å². The molecule has 0 spiro atoms. The van der Waals surface area contributed by atoms with E-state index < -0.39 is 0 Å². The van der Waals surface area contributed by atoms with E-state index in [4.69, 9.17) is 0 Å². The lowest BCUT2D eigenvalue weighted by Gasteiger charge is -2.26. The minimum atomic E-state index is 0.332. The van der Waals surface area contributed by atoms with Gasteiger partial charge in [-0.15, -0.1) is 0 Å². The van der Waals surface area contributed by atoms with Crippen LogP contribution in [0, 0.1) is 0 Å². The summed E-state index contributed by atoms with van der Waals surface area (Å²) in [6.45, 7) is 4.51. The first-order valence-corrected chi connectivity index (χ1v) is 9.17. The molecular weight excluding hydrogens is 304 g/mol. The molecule has 0 heterocycles. The van der Waals surface area contributed by atoms with Gasteiger partial charge in [0.2, 0.25) is 0 Å². The molecule has 128 valence electrons. The lowest BCUT2D eigenvalue weighted by atomic mass is 9.78. The quantitative estimate of drug-likeness (QED) is 0.530. The molecule has 0 radical (unpaired) electrons. The van der Waals surface area contributed by atoms with Crippen molar-refractivity contribution in [2.75, 3.05) is 0 Å². The lowest BCUT2D eigenvalue weighted by Crippen LogP contribution is -2.10. The second kappa shape index (κ2) is 8.02. The van der Waals surface area contributed by atoms with Crippen LogP contribution in [0.5, 0.6) is 5.75 Å². The van der Waals surface area contributed by atoms with Crippen LogP contribution >= 0.6 is 0 Å². The molecule has 1 nitrogen and oxygen atoms in total. The summed E-state index contributed by atoms with van der Waals surface area (Å²) in [7, 11) is 0. The van der Waals surface area contributed by atoms with Gasteiger partial charge >= 0.3 is 0 Å². The molecule has 25 heavy (non-hydrogen) atoms. The van der Waals surface area contributed by atoms with Gasteiger partial charge in [-0.25, -0.2) is 0 Å². The fourth-order valence-corrected chi connectivity index (χ4v) is 3.78. The fourth-order valence-electron chi connectivity index (χ4n) is 3.78. The van der Waals surface area contributed by atoms with Crippen LogP contribution in [0.1, 0.15) is 49.7 Å². The summed E-state index contributed by atoms with van der Waals surface area (Å²) in [4.78, 5) is 0. The first kappa shape index (κ1) is 17.3. The van der Waals surface area contributed by atoms with Gasteiger partial charge in [0.15, 0.2) is 0 Å². The molecule has 1 N–H and O–H groups in total. The van der Waals surface area contributed by atoms with Crippen LogP contribution in [0.3, 0.4) is 0 Å². The van der Waals surface area contributed by atoms with Crippen LogP contribution in [-0.4, -0.2) is 5.11 Å². The number of benzene rings is 3. The summed E-state index contributed by atoms with van der Waals surface area (Å²) in [5, 5.41) is 9.56. The lowest BCUT2D eigenvalue weighted by molar-refractivity contribution is 0.473. The predicted molar refractivity (Wildman–Crippen MR) is 106 cm³/mol. The Morgan fingerprint density at radius 2 is 1.04 bits per heavy atom. The molecule has 0 aliphatic carbocycles. The van der Waals surface area contributed by atoms with Gasteiger partial charge in [0, 0.05) is 0 Å². The second-order valence-corrected chi connectivity index (χ2v) is 6.61. The molecule has 0 saturated heterocycles. The van der Waals surface area contributed by atoms with E-state index in [1.54, 1.807) is 12.1 Å². The molecule has 0 aliphatic rings. The van der Waals surface area contributed by atoms with Crippen LogP contribution in [-0.2, 0) is 0 Å². The molecule has 1 heteroatoms. The SMILES string of the molecule is CC[C@@H](c1ccc(O)cc1)[C@@H](CC)c1ccc(-c2ccccc2)cc1. The van der Waals surface area contributed by atoms with Crippen molar-refractivity contribution < 1.29 is 5.11 Å². The summed E-state index contributed by atoms with van der Waals surface area (Å²) in [5.41, 5.74) is 5.21. The summed E-state index contributed by atoms with van der Waals surface area (Å²) in [6.07, 6.45) is 2.19. The van der Waals surface area contributed by atoms with Crippen molar-refractivity contribution in [1.29, 1.82) is 0 Å². The van der Waals surface area contributed by atoms with Crippen molar-refractivity contribution in [1.82, 2.24) is 0 Å². The van der Waals surface area contributed by atoms with E-state index in [1.807, 2.05) is 0 Å². The molecule has 0 aromatic heterocycles. The van der Waals surface area contributed by atoms with Crippen molar-refractivity contribution in [3.63, 3.8) is 0 Å². The van der Waals surface area contributed by atoms with Crippen LogP contribution < -0.4 is 0 Å². The Balaban J connectivity index is 1.88. The zero-order chi connectivity index (χ0) is 17.6. The largest absolute Gasteiger partial charge is 0.508 e. The van der Waals surface area contributed by atoms with Crippen molar-refractivity contribution in [3.8, 4) is 16.9 Å². The van der Waals surface area contributed by atoms with Crippen molar-refractivity contribution in [2.45, 2.75) is 38.5 Å². The Morgan fingerprint density at radius 3 is 1.52 bits per heavy atom. The Morgan fingerprint density at radius 1 is 0.600 bits per heavy atom. The van der Waals surface area contributed by atoms with Gasteiger partial charge < -0.3 is 5.11 Å². The molecule has 3 aromatic rings. The molecule has 2 atom stereocenters. The maximum atomic E-state index is 9.56. The standard InChI is InChI=1S/C24H26O/c1-3-23(24(4-2)21-14-16-22(25)17-15-21)20-12-10-19(11-13-20)18-8-6-5-7-9-18/h5-17,23-25H,3-4H2,1-2H3/t23-,24-/m0/s1. The molecule has 0 amide bonds. The Bertz CT molecular complexity index is 773. The Hall–Kier alpha value is -2.54. The van der Waals surface area contributed by atoms with Crippen molar-refractivity contribution in [2.24, 2.45) is 0 Å². The number of aromatic hydroxyl groups is 1. The smallest absolute Gasteiger partial charge is 0.115 e. The van der Waals surface area contributed by atoms with Gasteiger partial charge in [0.05, 0.1) is 0 Å². The monoisotopic (exact) mass is 330 g/mol. The number of hydrogen-bond acceptors (Lipinski definition) is 1. The summed E-state index contributed by atoms with van der Waals surface area (Å²) in [5.74, 6) is 1.28. The first-order valence-electron chi connectivity index (χ1n) is 9.17. The maximum absolute atomic E-state index is 9.56. The van der Waals surface area contributed by atoms with Gasteiger partial charge in [-0.1, -0.05) is 80.6 Å². The minimum absolute atomic E-state index is 0.332. The van der Waals surface area contributed by atoms with Crippen LogP contribution in [0.25, 0.3) is 11.1 Å². The average Bonchev–Trinajstić information content (AvgIpc) is 2.68. The Kier molecular flexibility index (Phi) is 5.55. The van der Waals surface area contributed by atoms with E-state index in [2.05, 4.69) is 80.6 Å². The molecular formula is C24H26O. The van der Waals surface area contributed by atoms with Crippen molar-refractivity contribution >= 4 is 0 Å². The number of rotatable bonds is 6. The van der Waals surface area contributed by atoms with Gasteiger partial charge in [0.25, 0.3) is 0 Å². The first-order chi connectivity index (χ1) is 12.2. The number of phenols is 1. The van der Waals surface area contributed by atoms with Gasteiger partial charge in [-0.3, -0.25) is 0 Å². The van der Waals surface area contributed by atoms with E-state index in [9.17, 15) is 5.11 Å². The Labute approximate surface area is 151 Å². The minimum Gasteiger partial charge on any atom is -0.508 e. The molecule has 0 fully saturated rings. The molecule has 0 saturated carbocycles. The number of phenolic OH excluding ortho intramolecular Hbond substituents is 1. The van der Waals surface area contributed by atoms with Crippen LogP contribution in [0.15, 0.2) is 78.9 Å². The third-order valence-electron chi connectivity index (χ3n) is 5.13. The van der Waals surface area contributed by atoms with Gasteiger partial charge in [-0.05, 0) is 59.1 Å². The highest BCUT2D eigenvalue weighted by molar-refractivity contribution is 5.63. The molecule has 3 aromatic carbocycles. The maximum Gasteiger partial charge on any atom is 0.115 e. The molecule has 0 unspecified atom stereocenters. The van der Waals surface area contributed by atoms with Crippen LogP contribution in [0.2, 0.25) is 0 Å². The topological polar surface area (TPSA) is 20.2 Å². The second-order valence-electron chi connectivity index (χ2n) is 6.61. The molecule has 0 aliphatic heterocycles. The average molecular weight is 330 g/mol. The highest BCUT2D eigenvalue weighted by Gasteiger charge is 2.22. The highest BCUT2D eigenvalue weighted by atomic mass is 16.3. The number of hydrogen-bond donors (Lipinski definition) is 1. The van der Waals surface area contributed by atoms with Gasteiger partial charge in [0.1, 0.15) is 5.75 Å². The fraction of sp³-hybridized carbons (Fsp3) is 0.250.